The Bertz CT molecular complexity index is 1230. The number of anilines is 1. The van der Waals surface area contributed by atoms with Gasteiger partial charge in [-0.2, -0.15) is 0 Å². The van der Waals surface area contributed by atoms with Gasteiger partial charge < -0.3 is 4.90 Å². The van der Waals surface area contributed by atoms with Crippen LogP contribution in [-0.4, -0.2) is 16.1 Å². The Kier molecular flexibility index (Phi) is 4.14. The Morgan fingerprint density at radius 1 is 1.00 bits per heavy atom. The van der Waals surface area contributed by atoms with E-state index in [1.54, 1.807) is 22.9 Å². The van der Waals surface area contributed by atoms with Gasteiger partial charge >= 0.3 is 0 Å². The Balaban J connectivity index is 1.73. The largest absolute Gasteiger partial charge is 0.366 e. The van der Waals surface area contributed by atoms with Crippen molar-refractivity contribution in [2.24, 2.45) is 0 Å². The van der Waals surface area contributed by atoms with Crippen LogP contribution in [0.1, 0.15) is 11.1 Å². The summed E-state index contributed by atoms with van der Waals surface area (Å²) in [6, 6.07) is 21.7. The molecule has 0 bridgehead atoms. The van der Waals surface area contributed by atoms with Gasteiger partial charge in [-0.25, -0.2) is 4.98 Å². The number of nitrogens with zero attached hydrogens (tertiary/aromatic N) is 3. The van der Waals surface area contributed by atoms with E-state index >= 15 is 0 Å². The van der Waals surface area contributed by atoms with Crippen molar-refractivity contribution < 1.29 is 0 Å². The second-order valence-corrected chi connectivity index (χ2v) is 7.42. The zero-order valence-electron chi connectivity index (χ0n) is 15.2. The van der Waals surface area contributed by atoms with Gasteiger partial charge in [0.2, 0.25) is 0 Å². The lowest BCUT2D eigenvalue weighted by Crippen LogP contribution is -2.24. The maximum absolute atomic E-state index is 13.4. The van der Waals surface area contributed by atoms with Crippen molar-refractivity contribution in [1.29, 1.82) is 0 Å². The molecule has 28 heavy (non-hydrogen) atoms. The predicted octanol–water partition coefficient (Wildman–Crippen LogP) is 4.60. The van der Waals surface area contributed by atoms with Gasteiger partial charge in [-0.05, 0) is 42.3 Å². The van der Waals surface area contributed by atoms with E-state index in [4.69, 9.17) is 11.6 Å². The summed E-state index contributed by atoms with van der Waals surface area (Å²) in [5.41, 5.74) is 4.47. The highest BCUT2D eigenvalue weighted by molar-refractivity contribution is 6.30. The Labute approximate surface area is 167 Å². The molecule has 0 N–H and O–H groups in total. The van der Waals surface area contributed by atoms with Crippen molar-refractivity contribution in [3.8, 4) is 5.69 Å². The number of hydrogen-bond donors (Lipinski definition) is 0. The summed E-state index contributed by atoms with van der Waals surface area (Å²) < 4.78 is 1.69. The van der Waals surface area contributed by atoms with Crippen molar-refractivity contribution >= 4 is 28.3 Å². The standard InChI is InChI=1S/C23H18ClN3O/c24-17-8-4-9-18(14-17)27-22-19(10-5-12-25-22)21-20(23(27)28)11-13-26(21)15-16-6-2-1-3-7-16/h1-10,12,14H,11,13,15H2. The fraction of sp³-hybridized carbons (Fsp3) is 0.130. The minimum atomic E-state index is -0.0148. The molecule has 0 saturated carbocycles. The summed E-state index contributed by atoms with van der Waals surface area (Å²) in [6.45, 7) is 1.60. The van der Waals surface area contributed by atoms with E-state index in [-0.39, 0.29) is 5.56 Å². The fourth-order valence-electron chi connectivity index (χ4n) is 4.02. The molecule has 4 aromatic rings. The number of aromatic nitrogens is 2. The SMILES string of the molecule is O=c1c2c(c3cccnc3n1-c1cccc(Cl)c1)N(Cc1ccccc1)CC2. The van der Waals surface area contributed by atoms with E-state index in [0.29, 0.717) is 10.7 Å². The Morgan fingerprint density at radius 3 is 2.68 bits per heavy atom. The summed E-state index contributed by atoms with van der Waals surface area (Å²) in [5, 5.41) is 1.59. The van der Waals surface area contributed by atoms with E-state index in [2.05, 4.69) is 22.0 Å². The summed E-state index contributed by atoms with van der Waals surface area (Å²) in [4.78, 5) is 20.3. The van der Waals surface area contributed by atoms with E-state index in [1.807, 2.05) is 42.5 Å². The average Bonchev–Trinajstić information content (AvgIpc) is 3.13. The van der Waals surface area contributed by atoms with E-state index in [1.165, 1.54) is 5.56 Å². The van der Waals surface area contributed by atoms with Gasteiger partial charge in [0.1, 0.15) is 5.65 Å². The first-order valence-corrected chi connectivity index (χ1v) is 9.67. The molecule has 1 aliphatic rings. The highest BCUT2D eigenvalue weighted by Crippen LogP contribution is 2.34. The summed E-state index contributed by atoms with van der Waals surface area (Å²) >= 11 is 6.18. The lowest BCUT2D eigenvalue weighted by Gasteiger charge is -2.22. The van der Waals surface area contributed by atoms with Crippen LogP contribution in [0.25, 0.3) is 16.7 Å². The third-order valence-corrected chi connectivity index (χ3v) is 5.47. The van der Waals surface area contributed by atoms with Crippen LogP contribution in [0.5, 0.6) is 0 Å². The summed E-state index contributed by atoms with van der Waals surface area (Å²) in [5.74, 6) is 0. The normalized spacial score (nSPS) is 13.1. The Morgan fingerprint density at radius 2 is 1.86 bits per heavy atom. The second kappa shape index (κ2) is 6.80. The lowest BCUT2D eigenvalue weighted by atomic mass is 10.1. The number of benzene rings is 2. The smallest absolute Gasteiger partial charge is 0.262 e. The topological polar surface area (TPSA) is 38.1 Å². The first-order chi connectivity index (χ1) is 13.7. The van der Waals surface area contributed by atoms with Crippen LogP contribution in [0, 0.1) is 0 Å². The second-order valence-electron chi connectivity index (χ2n) is 6.98. The average molecular weight is 388 g/mol. The van der Waals surface area contributed by atoms with E-state index < -0.39 is 0 Å². The predicted molar refractivity (Wildman–Crippen MR) is 114 cm³/mol. The number of halogens is 1. The molecule has 0 radical (unpaired) electrons. The van der Waals surface area contributed by atoms with E-state index in [0.717, 1.165) is 41.8 Å². The van der Waals surface area contributed by atoms with Crippen molar-refractivity contribution in [2.75, 3.05) is 11.4 Å². The highest BCUT2D eigenvalue weighted by atomic mass is 35.5. The third kappa shape index (κ3) is 2.77. The van der Waals surface area contributed by atoms with Crippen LogP contribution >= 0.6 is 11.6 Å². The van der Waals surface area contributed by atoms with Gasteiger partial charge in [0, 0.05) is 35.3 Å². The molecule has 5 rings (SSSR count). The van der Waals surface area contributed by atoms with Crippen LogP contribution in [-0.2, 0) is 13.0 Å². The minimum Gasteiger partial charge on any atom is -0.366 e. The number of fused-ring (bicyclic) bond motifs is 3. The summed E-state index contributed by atoms with van der Waals surface area (Å²) in [6.07, 6.45) is 2.46. The van der Waals surface area contributed by atoms with Gasteiger partial charge in [0.25, 0.3) is 5.56 Å². The highest BCUT2D eigenvalue weighted by Gasteiger charge is 2.27. The number of pyridine rings is 2. The van der Waals surface area contributed by atoms with Crippen LogP contribution < -0.4 is 10.5 Å². The van der Waals surface area contributed by atoms with Crippen LogP contribution in [0.2, 0.25) is 5.02 Å². The molecule has 5 heteroatoms. The molecule has 0 spiro atoms. The van der Waals surface area contributed by atoms with Crippen molar-refractivity contribution in [3.05, 3.63) is 99.4 Å². The van der Waals surface area contributed by atoms with Gasteiger partial charge in [-0.1, -0.05) is 48.0 Å². The molecule has 2 aromatic heterocycles. The molecular weight excluding hydrogens is 370 g/mol. The minimum absolute atomic E-state index is 0.0148. The quantitative estimate of drug-likeness (QED) is 0.515. The van der Waals surface area contributed by atoms with Crippen LogP contribution in [0.3, 0.4) is 0 Å². The van der Waals surface area contributed by atoms with E-state index in [9.17, 15) is 4.79 Å². The maximum atomic E-state index is 13.4. The fourth-order valence-corrected chi connectivity index (χ4v) is 4.20. The van der Waals surface area contributed by atoms with Gasteiger partial charge in [0.15, 0.2) is 0 Å². The Hall–Kier alpha value is -3.11. The molecule has 4 nitrogen and oxygen atoms in total. The molecule has 0 aliphatic carbocycles. The van der Waals surface area contributed by atoms with Crippen molar-refractivity contribution in [2.45, 2.75) is 13.0 Å². The molecule has 0 amide bonds. The zero-order chi connectivity index (χ0) is 19.1. The molecule has 138 valence electrons. The molecule has 0 fully saturated rings. The maximum Gasteiger partial charge on any atom is 0.262 e. The zero-order valence-corrected chi connectivity index (χ0v) is 15.9. The van der Waals surface area contributed by atoms with Gasteiger partial charge in [-0.15, -0.1) is 0 Å². The number of rotatable bonds is 3. The summed E-state index contributed by atoms with van der Waals surface area (Å²) in [7, 11) is 0. The molecular formula is C23H18ClN3O. The monoisotopic (exact) mass is 387 g/mol. The van der Waals surface area contributed by atoms with Crippen molar-refractivity contribution in [1.82, 2.24) is 9.55 Å². The molecule has 1 aliphatic heterocycles. The molecule has 0 saturated heterocycles. The van der Waals surface area contributed by atoms with Gasteiger partial charge in [-0.3, -0.25) is 9.36 Å². The van der Waals surface area contributed by atoms with Crippen LogP contribution in [0.4, 0.5) is 5.69 Å². The molecule has 2 aromatic carbocycles. The van der Waals surface area contributed by atoms with Crippen LogP contribution in [0.15, 0.2) is 77.7 Å². The molecule has 0 atom stereocenters. The lowest BCUT2D eigenvalue weighted by molar-refractivity contribution is 0.837. The molecule has 3 heterocycles. The number of hydrogen-bond acceptors (Lipinski definition) is 3. The molecule has 0 unspecified atom stereocenters. The first-order valence-electron chi connectivity index (χ1n) is 9.30. The van der Waals surface area contributed by atoms with Crippen molar-refractivity contribution in [3.63, 3.8) is 0 Å². The third-order valence-electron chi connectivity index (χ3n) is 5.23. The van der Waals surface area contributed by atoms with Gasteiger partial charge in [0.05, 0.1) is 11.4 Å². The first kappa shape index (κ1) is 17.0.